The summed E-state index contributed by atoms with van der Waals surface area (Å²) in [6, 6.07) is 8.45. The van der Waals surface area contributed by atoms with Gasteiger partial charge in [-0.2, -0.15) is 0 Å². The number of carbonyl (C=O) groups excluding carboxylic acids is 1. The van der Waals surface area contributed by atoms with Gasteiger partial charge in [0.05, 0.1) is 15.7 Å². The third kappa shape index (κ3) is 3.01. The maximum Gasteiger partial charge on any atom is 0.275 e. The number of rotatable bonds is 3. The van der Waals surface area contributed by atoms with Crippen molar-refractivity contribution in [2.24, 2.45) is 5.84 Å². The summed E-state index contributed by atoms with van der Waals surface area (Å²) in [5, 5.41) is 3.38. The topological polar surface area (TPSA) is 80.0 Å². The highest BCUT2D eigenvalue weighted by atomic mass is 35.5. The molecule has 20 heavy (non-hydrogen) atoms. The number of pyridine rings is 1. The van der Waals surface area contributed by atoms with Crippen molar-refractivity contribution >= 4 is 40.6 Å². The fraction of sp³-hybridized carbons (Fsp3) is 0.0769. The molecule has 0 fully saturated rings. The molecule has 1 aromatic heterocycles. The van der Waals surface area contributed by atoms with Gasteiger partial charge >= 0.3 is 0 Å². The van der Waals surface area contributed by atoms with E-state index in [-0.39, 0.29) is 10.7 Å². The molecule has 0 unspecified atom stereocenters. The second kappa shape index (κ2) is 6.09. The number of benzene rings is 1. The Hall–Kier alpha value is -1.82. The van der Waals surface area contributed by atoms with Crippen LogP contribution < -0.4 is 16.6 Å². The van der Waals surface area contributed by atoms with Crippen LogP contribution in [0.25, 0.3) is 0 Å². The lowest BCUT2D eigenvalue weighted by Gasteiger charge is -2.10. The van der Waals surface area contributed by atoms with E-state index in [1.165, 1.54) is 6.07 Å². The smallest absolute Gasteiger partial charge is 0.275 e. The van der Waals surface area contributed by atoms with Gasteiger partial charge in [-0.05, 0) is 30.7 Å². The van der Waals surface area contributed by atoms with Crippen LogP contribution in [0.2, 0.25) is 10.0 Å². The van der Waals surface area contributed by atoms with Crippen molar-refractivity contribution in [3.05, 3.63) is 51.6 Å². The molecule has 0 aliphatic rings. The molecule has 2 rings (SSSR count). The molecule has 5 nitrogen and oxygen atoms in total. The number of hydrazine groups is 1. The number of nitrogens with zero attached hydrogens (tertiary/aromatic N) is 1. The summed E-state index contributed by atoms with van der Waals surface area (Å²) in [7, 11) is 0. The lowest BCUT2D eigenvalue weighted by Crippen LogP contribution is -2.17. The number of hydrogen-bond donors (Lipinski definition) is 3. The van der Waals surface area contributed by atoms with Crippen LogP contribution in [-0.4, -0.2) is 10.9 Å². The van der Waals surface area contributed by atoms with Gasteiger partial charge in [-0.1, -0.05) is 35.3 Å². The number of nitrogens with two attached hydrogens (primary N) is 1. The van der Waals surface area contributed by atoms with Gasteiger partial charge in [-0.25, -0.2) is 10.8 Å². The van der Waals surface area contributed by atoms with Crippen LogP contribution in [0.4, 0.5) is 11.5 Å². The molecule has 0 aliphatic heterocycles. The van der Waals surface area contributed by atoms with Crippen molar-refractivity contribution < 1.29 is 4.79 Å². The largest absolute Gasteiger partial charge is 0.319 e. The van der Waals surface area contributed by atoms with E-state index in [1.54, 1.807) is 18.2 Å². The van der Waals surface area contributed by atoms with E-state index in [4.69, 9.17) is 29.0 Å². The molecule has 7 heteroatoms. The first-order chi connectivity index (χ1) is 9.52. The molecule has 0 aliphatic carbocycles. The van der Waals surface area contributed by atoms with Crippen molar-refractivity contribution in [1.29, 1.82) is 0 Å². The molecule has 0 bridgehead atoms. The van der Waals surface area contributed by atoms with E-state index in [0.29, 0.717) is 16.5 Å². The zero-order chi connectivity index (χ0) is 14.7. The highest BCUT2D eigenvalue weighted by Crippen LogP contribution is 2.26. The molecule has 0 spiro atoms. The Balaban J connectivity index is 2.30. The summed E-state index contributed by atoms with van der Waals surface area (Å²) in [6.45, 7) is 1.85. The fourth-order valence-corrected chi connectivity index (χ4v) is 1.97. The number of amides is 1. The lowest BCUT2D eigenvalue weighted by molar-refractivity contribution is 0.102. The van der Waals surface area contributed by atoms with Crippen molar-refractivity contribution in [2.75, 3.05) is 10.7 Å². The molecular formula is C13H12Cl2N4O. The van der Waals surface area contributed by atoms with Gasteiger partial charge in [0.15, 0.2) is 0 Å². The van der Waals surface area contributed by atoms with E-state index in [1.807, 2.05) is 13.0 Å². The average molecular weight is 311 g/mol. The predicted molar refractivity (Wildman–Crippen MR) is 81.2 cm³/mol. The monoisotopic (exact) mass is 310 g/mol. The van der Waals surface area contributed by atoms with Crippen molar-refractivity contribution in [3.63, 3.8) is 0 Å². The first-order valence-electron chi connectivity index (χ1n) is 5.72. The number of aryl methyl sites for hydroxylation is 1. The quantitative estimate of drug-likeness (QED) is 0.600. The standard InChI is InChI=1S/C13H12Cl2N4O/c1-7-3-2-4-9(11(7)15)17-13(20)12-8(14)5-6-10(18-12)19-16/h2-6H,16H2,1H3,(H,17,20)(H,18,19). The normalized spacial score (nSPS) is 10.2. The molecule has 0 saturated carbocycles. The number of anilines is 2. The third-order valence-electron chi connectivity index (χ3n) is 2.65. The van der Waals surface area contributed by atoms with Crippen LogP contribution in [0.5, 0.6) is 0 Å². The van der Waals surface area contributed by atoms with Gasteiger partial charge in [0.1, 0.15) is 11.5 Å². The summed E-state index contributed by atoms with van der Waals surface area (Å²) in [4.78, 5) is 16.2. The summed E-state index contributed by atoms with van der Waals surface area (Å²) in [5.74, 6) is 5.14. The molecule has 104 valence electrons. The molecule has 0 saturated heterocycles. The van der Waals surface area contributed by atoms with Gasteiger partial charge in [0, 0.05) is 0 Å². The molecular weight excluding hydrogens is 299 g/mol. The summed E-state index contributed by atoms with van der Waals surface area (Å²) in [6.07, 6.45) is 0. The Morgan fingerprint density at radius 2 is 2.00 bits per heavy atom. The average Bonchev–Trinajstić information content (AvgIpc) is 2.44. The zero-order valence-corrected chi connectivity index (χ0v) is 12.1. The fourth-order valence-electron chi connectivity index (χ4n) is 1.61. The Labute approximate surface area is 126 Å². The molecule has 1 aromatic carbocycles. The predicted octanol–water partition coefficient (Wildman–Crippen LogP) is 3.23. The van der Waals surface area contributed by atoms with Crippen LogP contribution in [0.15, 0.2) is 30.3 Å². The zero-order valence-electron chi connectivity index (χ0n) is 10.6. The molecule has 1 heterocycles. The van der Waals surface area contributed by atoms with Crippen molar-refractivity contribution in [2.45, 2.75) is 6.92 Å². The van der Waals surface area contributed by atoms with Crippen LogP contribution >= 0.6 is 23.2 Å². The Bertz CT molecular complexity index is 661. The minimum absolute atomic E-state index is 0.0692. The van der Waals surface area contributed by atoms with Crippen molar-refractivity contribution in [3.8, 4) is 0 Å². The van der Waals surface area contributed by atoms with Gasteiger partial charge in [0.2, 0.25) is 0 Å². The molecule has 0 radical (unpaired) electrons. The molecule has 2 aromatic rings. The minimum Gasteiger partial charge on any atom is -0.319 e. The minimum atomic E-state index is -0.459. The van der Waals surface area contributed by atoms with Crippen LogP contribution in [-0.2, 0) is 0 Å². The van der Waals surface area contributed by atoms with E-state index < -0.39 is 5.91 Å². The SMILES string of the molecule is Cc1cccc(NC(=O)c2nc(NN)ccc2Cl)c1Cl. The number of nitrogen functional groups attached to an aromatic ring is 1. The van der Waals surface area contributed by atoms with E-state index in [9.17, 15) is 4.79 Å². The number of aromatic nitrogens is 1. The van der Waals surface area contributed by atoms with E-state index >= 15 is 0 Å². The second-order valence-electron chi connectivity index (χ2n) is 4.06. The lowest BCUT2D eigenvalue weighted by atomic mass is 10.2. The van der Waals surface area contributed by atoms with E-state index in [2.05, 4.69) is 15.7 Å². The molecule has 0 atom stereocenters. The van der Waals surface area contributed by atoms with Gasteiger partial charge in [0.25, 0.3) is 5.91 Å². The maximum atomic E-state index is 12.2. The maximum absolute atomic E-state index is 12.2. The first kappa shape index (κ1) is 14.6. The first-order valence-corrected chi connectivity index (χ1v) is 6.48. The van der Waals surface area contributed by atoms with E-state index in [0.717, 1.165) is 5.56 Å². The summed E-state index contributed by atoms with van der Waals surface area (Å²) < 4.78 is 0. The second-order valence-corrected chi connectivity index (χ2v) is 4.85. The Kier molecular flexibility index (Phi) is 4.44. The highest BCUT2D eigenvalue weighted by Gasteiger charge is 2.15. The third-order valence-corrected chi connectivity index (χ3v) is 3.46. The molecule has 4 N–H and O–H groups in total. The number of carbonyl (C=O) groups is 1. The molecule has 1 amide bonds. The number of nitrogens with one attached hydrogen (secondary N) is 2. The van der Waals surface area contributed by atoms with Crippen LogP contribution in [0.3, 0.4) is 0 Å². The summed E-state index contributed by atoms with van der Waals surface area (Å²) in [5.41, 5.74) is 3.79. The number of halogens is 2. The highest BCUT2D eigenvalue weighted by molar-refractivity contribution is 6.36. The van der Waals surface area contributed by atoms with Gasteiger partial charge in [-0.15, -0.1) is 0 Å². The summed E-state index contributed by atoms with van der Waals surface area (Å²) >= 11 is 12.1. The van der Waals surface area contributed by atoms with Crippen LogP contribution in [0, 0.1) is 6.92 Å². The van der Waals surface area contributed by atoms with Gasteiger partial charge in [-0.3, -0.25) is 4.79 Å². The van der Waals surface area contributed by atoms with Gasteiger partial charge < -0.3 is 10.7 Å². The Morgan fingerprint density at radius 1 is 1.25 bits per heavy atom. The van der Waals surface area contributed by atoms with Crippen molar-refractivity contribution in [1.82, 2.24) is 4.98 Å². The van der Waals surface area contributed by atoms with Crippen LogP contribution in [0.1, 0.15) is 16.1 Å². The number of hydrogen-bond acceptors (Lipinski definition) is 4. The Morgan fingerprint density at radius 3 is 2.70 bits per heavy atom.